The van der Waals surface area contributed by atoms with Gasteiger partial charge in [-0.25, -0.2) is 13.4 Å². The van der Waals surface area contributed by atoms with Crippen molar-refractivity contribution >= 4 is 26.6 Å². The Morgan fingerprint density at radius 1 is 1.35 bits per heavy atom. The lowest BCUT2D eigenvalue weighted by atomic mass is 10.1. The molecule has 0 spiro atoms. The summed E-state index contributed by atoms with van der Waals surface area (Å²) in [6.45, 7) is 2.69. The maximum Gasteiger partial charge on any atom is 0.150 e. The van der Waals surface area contributed by atoms with E-state index >= 15 is 0 Å². The lowest BCUT2D eigenvalue weighted by molar-refractivity contribution is 0.595. The number of sulfone groups is 1. The highest BCUT2D eigenvalue weighted by Gasteiger charge is 2.27. The third-order valence-corrected chi connectivity index (χ3v) is 5.64. The first-order chi connectivity index (χ1) is 9.53. The Hall–Kier alpha value is -1.62. The van der Waals surface area contributed by atoms with Crippen LogP contribution in [0.4, 0.5) is 5.82 Å². The zero-order chi connectivity index (χ0) is 14.2. The largest absolute Gasteiger partial charge is 0.370 e. The van der Waals surface area contributed by atoms with Gasteiger partial charge < -0.3 is 5.32 Å². The molecule has 1 aromatic carbocycles. The van der Waals surface area contributed by atoms with Crippen molar-refractivity contribution in [3.8, 4) is 0 Å². The monoisotopic (exact) mass is 290 g/mol. The van der Waals surface area contributed by atoms with Gasteiger partial charge in [-0.05, 0) is 37.0 Å². The topological polar surface area (TPSA) is 59.1 Å². The van der Waals surface area contributed by atoms with Gasteiger partial charge >= 0.3 is 0 Å². The number of aromatic nitrogens is 1. The van der Waals surface area contributed by atoms with E-state index in [-0.39, 0.29) is 5.92 Å². The number of aryl methyl sites for hydroxylation is 1. The van der Waals surface area contributed by atoms with Crippen LogP contribution in [0.5, 0.6) is 0 Å². The molecule has 3 rings (SSSR count). The van der Waals surface area contributed by atoms with Crippen LogP contribution in [0, 0.1) is 12.8 Å². The van der Waals surface area contributed by atoms with E-state index in [0.717, 1.165) is 28.7 Å². The van der Waals surface area contributed by atoms with Gasteiger partial charge in [0.2, 0.25) is 0 Å². The molecule has 1 aromatic heterocycles. The number of hydrogen-bond donors (Lipinski definition) is 1. The van der Waals surface area contributed by atoms with E-state index in [0.29, 0.717) is 18.1 Å². The van der Waals surface area contributed by atoms with Crippen molar-refractivity contribution in [1.29, 1.82) is 0 Å². The van der Waals surface area contributed by atoms with E-state index in [4.69, 9.17) is 0 Å². The van der Waals surface area contributed by atoms with Gasteiger partial charge in [0.15, 0.2) is 9.84 Å². The summed E-state index contributed by atoms with van der Waals surface area (Å²) in [6, 6.07) is 10.1. The van der Waals surface area contributed by atoms with Crippen LogP contribution in [0.3, 0.4) is 0 Å². The fourth-order valence-corrected chi connectivity index (χ4v) is 4.54. The highest BCUT2D eigenvalue weighted by atomic mass is 32.2. The SMILES string of the molecule is Cc1cc2ccccc2nc1NCC1CCS(=O)(=O)C1. The number of nitrogens with one attached hydrogen (secondary N) is 1. The van der Waals surface area contributed by atoms with Crippen molar-refractivity contribution in [2.24, 2.45) is 5.92 Å². The van der Waals surface area contributed by atoms with E-state index in [1.54, 1.807) is 0 Å². The van der Waals surface area contributed by atoms with Gasteiger partial charge in [-0.1, -0.05) is 18.2 Å². The summed E-state index contributed by atoms with van der Waals surface area (Å²) in [5.41, 5.74) is 2.05. The smallest absolute Gasteiger partial charge is 0.150 e. The molecule has 20 heavy (non-hydrogen) atoms. The minimum absolute atomic E-state index is 0.202. The predicted octanol–water partition coefficient (Wildman–Crippen LogP) is 2.39. The molecule has 1 aliphatic rings. The molecule has 1 fully saturated rings. The highest BCUT2D eigenvalue weighted by Crippen LogP contribution is 2.22. The summed E-state index contributed by atoms with van der Waals surface area (Å²) in [5, 5.41) is 4.43. The average molecular weight is 290 g/mol. The van der Waals surface area contributed by atoms with Gasteiger partial charge in [0.25, 0.3) is 0 Å². The van der Waals surface area contributed by atoms with E-state index in [2.05, 4.69) is 16.4 Å². The van der Waals surface area contributed by atoms with Crippen molar-refractivity contribution in [3.05, 3.63) is 35.9 Å². The predicted molar refractivity (Wildman–Crippen MR) is 81.7 cm³/mol. The van der Waals surface area contributed by atoms with Crippen LogP contribution in [0.2, 0.25) is 0 Å². The second-order valence-corrected chi connectivity index (χ2v) is 7.73. The van der Waals surface area contributed by atoms with Crippen molar-refractivity contribution in [3.63, 3.8) is 0 Å². The lowest BCUT2D eigenvalue weighted by Crippen LogP contribution is -2.16. The molecule has 1 N–H and O–H groups in total. The van der Waals surface area contributed by atoms with Gasteiger partial charge in [-0.2, -0.15) is 0 Å². The van der Waals surface area contributed by atoms with Crippen molar-refractivity contribution in [2.45, 2.75) is 13.3 Å². The zero-order valence-electron chi connectivity index (χ0n) is 11.5. The minimum atomic E-state index is -2.81. The first-order valence-electron chi connectivity index (χ1n) is 6.84. The molecule has 1 saturated heterocycles. The molecule has 106 valence electrons. The first-order valence-corrected chi connectivity index (χ1v) is 8.66. The van der Waals surface area contributed by atoms with E-state index in [9.17, 15) is 8.42 Å². The van der Waals surface area contributed by atoms with Crippen LogP contribution in [-0.4, -0.2) is 31.5 Å². The maximum atomic E-state index is 11.5. The Morgan fingerprint density at radius 2 is 2.15 bits per heavy atom. The van der Waals surface area contributed by atoms with E-state index < -0.39 is 9.84 Å². The Morgan fingerprint density at radius 3 is 2.90 bits per heavy atom. The molecule has 1 unspecified atom stereocenters. The number of pyridine rings is 1. The van der Waals surface area contributed by atoms with Crippen LogP contribution in [0.25, 0.3) is 10.9 Å². The molecular formula is C15H18N2O2S. The summed E-state index contributed by atoms with van der Waals surface area (Å²) >= 11 is 0. The van der Waals surface area contributed by atoms with Crippen molar-refractivity contribution < 1.29 is 8.42 Å². The molecule has 4 nitrogen and oxygen atoms in total. The molecule has 0 bridgehead atoms. The fourth-order valence-electron chi connectivity index (χ4n) is 2.67. The zero-order valence-corrected chi connectivity index (χ0v) is 12.3. The number of nitrogens with zero attached hydrogens (tertiary/aromatic N) is 1. The van der Waals surface area contributed by atoms with Crippen LogP contribution in [0.1, 0.15) is 12.0 Å². The van der Waals surface area contributed by atoms with Crippen LogP contribution >= 0.6 is 0 Å². The Kier molecular flexibility index (Phi) is 3.38. The molecular weight excluding hydrogens is 272 g/mol. The van der Waals surface area contributed by atoms with Gasteiger partial charge in [-0.3, -0.25) is 0 Å². The standard InChI is InChI=1S/C15H18N2O2S/c1-11-8-13-4-2-3-5-14(13)17-15(11)16-9-12-6-7-20(18,19)10-12/h2-5,8,12H,6-7,9-10H2,1H3,(H,16,17). The van der Waals surface area contributed by atoms with Crippen molar-refractivity contribution in [2.75, 3.05) is 23.4 Å². The second-order valence-electron chi connectivity index (χ2n) is 5.50. The summed E-state index contributed by atoms with van der Waals surface area (Å²) in [6.07, 6.45) is 0.752. The van der Waals surface area contributed by atoms with Crippen molar-refractivity contribution in [1.82, 2.24) is 4.98 Å². The highest BCUT2D eigenvalue weighted by molar-refractivity contribution is 7.91. The molecule has 2 aromatic rings. The number of benzene rings is 1. The quantitative estimate of drug-likeness (QED) is 0.943. The Balaban J connectivity index is 1.76. The Labute approximate surface area is 119 Å². The number of para-hydroxylation sites is 1. The minimum Gasteiger partial charge on any atom is -0.370 e. The summed E-state index contributed by atoms with van der Waals surface area (Å²) < 4.78 is 22.9. The normalized spacial score (nSPS) is 21.1. The van der Waals surface area contributed by atoms with Gasteiger partial charge in [0, 0.05) is 11.9 Å². The number of hydrogen-bond acceptors (Lipinski definition) is 4. The lowest BCUT2D eigenvalue weighted by Gasteiger charge is -2.13. The molecule has 1 aliphatic heterocycles. The Bertz CT molecular complexity index is 741. The van der Waals surface area contributed by atoms with Gasteiger partial charge in [0.05, 0.1) is 17.0 Å². The summed E-state index contributed by atoms with van der Waals surface area (Å²) in [4.78, 5) is 4.61. The number of rotatable bonds is 3. The molecule has 1 atom stereocenters. The summed E-state index contributed by atoms with van der Waals surface area (Å²) in [5.74, 6) is 1.68. The molecule has 0 amide bonds. The third kappa shape index (κ3) is 2.77. The van der Waals surface area contributed by atoms with Crippen LogP contribution in [0.15, 0.2) is 30.3 Å². The first kappa shape index (κ1) is 13.4. The molecule has 0 radical (unpaired) electrons. The second kappa shape index (κ2) is 5.05. The fraction of sp³-hybridized carbons (Fsp3) is 0.400. The molecule has 0 aliphatic carbocycles. The van der Waals surface area contributed by atoms with Crippen LogP contribution < -0.4 is 5.32 Å². The van der Waals surface area contributed by atoms with E-state index in [1.807, 2.05) is 31.2 Å². The van der Waals surface area contributed by atoms with Crippen LogP contribution in [-0.2, 0) is 9.84 Å². The third-order valence-electron chi connectivity index (χ3n) is 3.80. The maximum absolute atomic E-state index is 11.5. The molecule has 5 heteroatoms. The van der Waals surface area contributed by atoms with E-state index in [1.165, 1.54) is 0 Å². The molecule has 2 heterocycles. The molecule has 0 saturated carbocycles. The average Bonchev–Trinajstić information content (AvgIpc) is 2.76. The number of fused-ring (bicyclic) bond motifs is 1. The number of anilines is 1. The summed E-state index contributed by atoms with van der Waals surface area (Å²) in [7, 11) is -2.81. The van der Waals surface area contributed by atoms with Gasteiger partial charge in [-0.15, -0.1) is 0 Å². The van der Waals surface area contributed by atoms with Gasteiger partial charge in [0.1, 0.15) is 5.82 Å².